The molecule has 0 saturated heterocycles. The Morgan fingerprint density at radius 3 is 2.41 bits per heavy atom. The van der Waals surface area contributed by atoms with E-state index in [0.29, 0.717) is 12.2 Å². The average molecular weight is 345 g/mol. The van der Waals surface area contributed by atoms with E-state index >= 15 is 0 Å². The van der Waals surface area contributed by atoms with E-state index in [1.807, 2.05) is 26.0 Å². The molecule has 5 nitrogen and oxygen atoms in total. The summed E-state index contributed by atoms with van der Waals surface area (Å²) in [5.74, 6) is -0.290. The van der Waals surface area contributed by atoms with Gasteiger partial charge in [-0.25, -0.2) is 0 Å². The van der Waals surface area contributed by atoms with Crippen LogP contribution < -0.4 is 15.6 Å². The zero-order valence-corrected chi connectivity index (χ0v) is 14.1. The largest absolute Gasteiger partial charge is 0.484 e. The van der Waals surface area contributed by atoms with Gasteiger partial charge in [0.15, 0.2) is 6.61 Å². The molecule has 1 saturated carbocycles. The first kappa shape index (κ1) is 16.9. The Labute approximate surface area is 139 Å². The molecule has 1 aliphatic rings. The lowest BCUT2D eigenvalue weighted by Crippen LogP contribution is -2.47. The summed E-state index contributed by atoms with van der Waals surface area (Å²) in [5.41, 5.74) is 5.94. The van der Waals surface area contributed by atoms with Gasteiger partial charge in [0.25, 0.3) is 5.91 Å². The minimum atomic E-state index is -1.07. The van der Waals surface area contributed by atoms with Crippen molar-refractivity contribution in [2.45, 2.75) is 31.5 Å². The normalized spacial score (nSPS) is 21.9. The van der Waals surface area contributed by atoms with Crippen LogP contribution in [0.25, 0.3) is 0 Å². The minimum Gasteiger partial charge on any atom is -0.484 e. The van der Waals surface area contributed by atoms with Crippen molar-refractivity contribution in [3.05, 3.63) is 29.3 Å². The first-order chi connectivity index (χ1) is 10.2. The van der Waals surface area contributed by atoms with Crippen LogP contribution in [-0.2, 0) is 9.59 Å². The SMILES string of the molecule is Cc1ccc(OCC(=O)NNC(=O)C2(C)CC2(Cl)Cl)cc1C. The highest BCUT2D eigenvalue weighted by Crippen LogP contribution is 2.63. The Morgan fingerprint density at radius 2 is 1.86 bits per heavy atom. The number of benzene rings is 1. The number of hydrogen-bond acceptors (Lipinski definition) is 3. The molecule has 0 spiro atoms. The molecule has 1 fully saturated rings. The second-order valence-electron chi connectivity index (χ2n) is 5.75. The van der Waals surface area contributed by atoms with Gasteiger partial charge in [0.1, 0.15) is 10.1 Å². The highest BCUT2D eigenvalue weighted by atomic mass is 35.5. The molecule has 22 heavy (non-hydrogen) atoms. The van der Waals surface area contributed by atoms with E-state index in [1.54, 1.807) is 13.0 Å². The smallest absolute Gasteiger partial charge is 0.276 e. The fourth-order valence-corrected chi connectivity index (χ4v) is 2.61. The number of rotatable bonds is 4. The number of halogens is 2. The predicted molar refractivity (Wildman–Crippen MR) is 84.9 cm³/mol. The Morgan fingerprint density at radius 1 is 1.23 bits per heavy atom. The second-order valence-corrected chi connectivity index (χ2v) is 7.23. The first-order valence-corrected chi connectivity index (χ1v) is 7.58. The Bertz CT molecular complexity index is 619. The van der Waals surface area contributed by atoms with E-state index in [0.717, 1.165) is 11.1 Å². The van der Waals surface area contributed by atoms with Crippen molar-refractivity contribution in [1.82, 2.24) is 10.9 Å². The third-order valence-electron chi connectivity index (χ3n) is 3.92. The highest BCUT2D eigenvalue weighted by Gasteiger charge is 2.68. The van der Waals surface area contributed by atoms with Crippen molar-refractivity contribution in [2.24, 2.45) is 5.41 Å². The summed E-state index contributed by atoms with van der Waals surface area (Å²) >= 11 is 11.8. The number of ether oxygens (including phenoxy) is 1. The second kappa shape index (κ2) is 5.97. The van der Waals surface area contributed by atoms with Crippen LogP contribution in [-0.4, -0.2) is 22.8 Å². The van der Waals surface area contributed by atoms with Crippen LogP contribution in [0.4, 0.5) is 0 Å². The van der Waals surface area contributed by atoms with Gasteiger partial charge in [0.05, 0.1) is 5.41 Å². The maximum Gasteiger partial charge on any atom is 0.276 e. The molecule has 1 unspecified atom stereocenters. The third-order valence-corrected chi connectivity index (χ3v) is 5.02. The van der Waals surface area contributed by atoms with Crippen LogP contribution in [0, 0.1) is 19.3 Å². The van der Waals surface area contributed by atoms with Crippen LogP contribution >= 0.6 is 23.2 Å². The maximum absolute atomic E-state index is 11.9. The number of nitrogens with one attached hydrogen (secondary N) is 2. The molecular formula is C15H18Cl2N2O3. The number of amides is 2. The number of carbonyl (C=O) groups is 2. The highest BCUT2D eigenvalue weighted by molar-refractivity contribution is 6.53. The fraction of sp³-hybridized carbons (Fsp3) is 0.467. The lowest BCUT2D eigenvalue weighted by atomic mass is 10.1. The van der Waals surface area contributed by atoms with Gasteiger partial charge in [0, 0.05) is 0 Å². The predicted octanol–water partition coefficient (Wildman–Crippen LogP) is 2.41. The molecule has 2 amide bonds. The fourth-order valence-electron chi connectivity index (χ4n) is 1.90. The molecule has 0 aliphatic heterocycles. The summed E-state index contributed by atoms with van der Waals surface area (Å²) in [7, 11) is 0. The van der Waals surface area contributed by atoms with E-state index in [4.69, 9.17) is 27.9 Å². The van der Waals surface area contributed by atoms with Gasteiger partial charge in [0.2, 0.25) is 5.91 Å². The van der Waals surface area contributed by atoms with Crippen LogP contribution in [0.1, 0.15) is 24.5 Å². The van der Waals surface area contributed by atoms with Crippen molar-refractivity contribution in [2.75, 3.05) is 6.61 Å². The summed E-state index contributed by atoms with van der Waals surface area (Å²) < 4.78 is 4.29. The van der Waals surface area contributed by atoms with Crippen LogP contribution in [0.15, 0.2) is 18.2 Å². The maximum atomic E-state index is 11.9. The van der Waals surface area contributed by atoms with Crippen LogP contribution in [0.5, 0.6) is 5.75 Å². The standard InChI is InChI=1S/C15H18Cl2N2O3/c1-9-4-5-11(6-10(9)2)22-7-12(20)18-19-13(21)14(3)8-15(14,16)17/h4-6H,7-8H2,1-3H3,(H,18,20)(H,19,21). The monoisotopic (exact) mass is 344 g/mol. The van der Waals surface area contributed by atoms with Gasteiger partial charge in [-0.1, -0.05) is 6.07 Å². The first-order valence-electron chi connectivity index (χ1n) is 6.83. The molecule has 1 aromatic carbocycles. The van der Waals surface area contributed by atoms with E-state index in [2.05, 4.69) is 10.9 Å². The molecule has 2 rings (SSSR count). The lowest BCUT2D eigenvalue weighted by molar-refractivity contribution is -0.132. The number of alkyl halides is 2. The van der Waals surface area contributed by atoms with Gasteiger partial charge in [-0.15, -0.1) is 23.2 Å². The van der Waals surface area contributed by atoms with Gasteiger partial charge in [-0.3, -0.25) is 20.4 Å². The van der Waals surface area contributed by atoms with E-state index in [1.165, 1.54) is 0 Å². The molecule has 1 atom stereocenters. The zero-order valence-electron chi connectivity index (χ0n) is 12.6. The zero-order chi connectivity index (χ0) is 16.5. The van der Waals surface area contributed by atoms with E-state index in [-0.39, 0.29) is 6.61 Å². The average Bonchev–Trinajstić information content (AvgIpc) is 2.97. The van der Waals surface area contributed by atoms with Crippen molar-refractivity contribution in [3.8, 4) is 5.75 Å². The van der Waals surface area contributed by atoms with E-state index in [9.17, 15) is 9.59 Å². The molecule has 7 heteroatoms. The molecule has 2 N–H and O–H groups in total. The number of hydrogen-bond donors (Lipinski definition) is 2. The summed E-state index contributed by atoms with van der Waals surface area (Å²) in [4.78, 5) is 23.5. The quantitative estimate of drug-likeness (QED) is 0.651. The number of aryl methyl sites for hydroxylation is 2. The summed E-state index contributed by atoms with van der Waals surface area (Å²) in [5, 5.41) is 0. The molecule has 0 aromatic heterocycles. The molecule has 0 radical (unpaired) electrons. The summed E-state index contributed by atoms with van der Waals surface area (Å²) in [6.07, 6.45) is 0.351. The van der Waals surface area contributed by atoms with Gasteiger partial charge in [-0.05, 0) is 50.5 Å². The lowest BCUT2D eigenvalue weighted by Gasteiger charge is -2.13. The molecule has 0 bridgehead atoms. The summed E-state index contributed by atoms with van der Waals surface area (Å²) in [6, 6.07) is 5.55. The Kier molecular flexibility index (Phi) is 4.59. The molecule has 120 valence electrons. The summed E-state index contributed by atoms with van der Waals surface area (Å²) in [6.45, 7) is 5.39. The molecular weight excluding hydrogens is 327 g/mol. The van der Waals surface area contributed by atoms with Crippen molar-refractivity contribution < 1.29 is 14.3 Å². The van der Waals surface area contributed by atoms with Crippen molar-refractivity contribution in [3.63, 3.8) is 0 Å². The van der Waals surface area contributed by atoms with Crippen LogP contribution in [0.3, 0.4) is 0 Å². The van der Waals surface area contributed by atoms with Crippen LogP contribution in [0.2, 0.25) is 0 Å². The molecule has 0 heterocycles. The van der Waals surface area contributed by atoms with Crippen molar-refractivity contribution >= 4 is 35.0 Å². The van der Waals surface area contributed by atoms with E-state index < -0.39 is 21.6 Å². The number of carbonyl (C=O) groups excluding carboxylic acids is 2. The van der Waals surface area contributed by atoms with Gasteiger partial charge < -0.3 is 4.74 Å². The minimum absolute atomic E-state index is 0.202. The van der Waals surface area contributed by atoms with Crippen molar-refractivity contribution in [1.29, 1.82) is 0 Å². The molecule has 1 aromatic rings. The Balaban J connectivity index is 1.77. The Hall–Kier alpha value is -1.46. The topological polar surface area (TPSA) is 67.4 Å². The third kappa shape index (κ3) is 3.47. The van der Waals surface area contributed by atoms with Gasteiger partial charge >= 0.3 is 0 Å². The molecule has 1 aliphatic carbocycles. The number of hydrazine groups is 1. The van der Waals surface area contributed by atoms with Gasteiger partial charge in [-0.2, -0.15) is 0 Å².